The molecule has 0 spiro atoms. The fourth-order valence-corrected chi connectivity index (χ4v) is 3.31. The quantitative estimate of drug-likeness (QED) is 0.782. The van der Waals surface area contributed by atoms with E-state index >= 15 is 0 Å². The van der Waals surface area contributed by atoms with E-state index in [9.17, 15) is 13.2 Å². The number of nitrogens with one attached hydrogen (secondary N) is 1. The van der Waals surface area contributed by atoms with Crippen molar-refractivity contribution in [3.05, 3.63) is 35.2 Å². The van der Waals surface area contributed by atoms with Gasteiger partial charge in [0, 0.05) is 17.0 Å². The Morgan fingerprint density at radius 2 is 2.00 bits per heavy atom. The normalized spacial score (nSPS) is 19.4. The van der Waals surface area contributed by atoms with Crippen LogP contribution < -0.4 is 14.8 Å². The van der Waals surface area contributed by atoms with E-state index < -0.39 is 9.84 Å². The Kier molecular flexibility index (Phi) is 4.64. The van der Waals surface area contributed by atoms with Gasteiger partial charge < -0.3 is 14.8 Å². The van der Waals surface area contributed by atoms with Crippen LogP contribution in [0.1, 0.15) is 10.4 Å². The standard InChI is InChI=1S/C14H17NO5S/c1-19-13-4-3-10(7-14(13)20-2)12(16)8-15-11-5-6-21(17,18)9-11/h3-7,11,15H,8-9H2,1-2H3/t11-/m0/s1. The maximum Gasteiger partial charge on any atom is 0.176 e. The Morgan fingerprint density at radius 1 is 1.29 bits per heavy atom. The zero-order valence-corrected chi connectivity index (χ0v) is 12.6. The molecule has 0 saturated heterocycles. The average Bonchev–Trinajstić information content (AvgIpc) is 2.83. The van der Waals surface area contributed by atoms with Gasteiger partial charge in [-0.3, -0.25) is 4.79 Å². The molecule has 21 heavy (non-hydrogen) atoms. The summed E-state index contributed by atoms with van der Waals surface area (Å²) in [5.74, 6) is 0.874. The molecule has 114 valence electrons. The van der Waals surface area contributed by atoms with Crippen molar-refractivity contribution in [3.63, 3.8) is 0 Å². The number of methoxy groups -OCH3 is 2. The van der Waals surface area contributed by atoms with Gasteiger partial charge in [0.1, 0.15) is 0 Å². The number of carbonyl (C=O) groups is 1. The molecule has 1 N–H and O–H groups in total. The monoisotopic (exact) mass is 311 g/mol. The Morgan fingerprint density at radius 3 is 2.57 bits per heavy atom. The first kappa shape index (κ1) is 15.5. The van der Waals surface area contributed by atoms with Crippen LogP contribution >= 0.6 is 0 Å². The Labute approximate surface area is 123 Å². The second-order valence-corrected chi connectivity index (χ2v) is 6.57. The minimum Gasteiger partial charge on any atom is -0.493 e. The molecule has 0 bridgehead atoms. The Hall–Kier alpha value is -1.86. The highest BCUT2D eigenvalue weighted by Gasteiger charge is 2.22. The summed E-state index contributed by atoms with van der Waals surface area (Å²) in [6.45, 7) is 0.0556. The zero-order valence-electron chi connectivity index (χ0n) is 11.8. The summed E-state index contributed by atoms with van der Waals surface area (Å²) in [6, 6.07) is 4.59. The fraction of sp³-hybridized carbons (Fsp3) is 0.357. The number of ether oxygens (including phenoxy) is 2. The second kappa shape index (κ2) is 6.28. The van der Waals surface area contributed by atoms with E-state index in [2.05, 4.69) is 5.32 Å². The topological polar surface area (TPSA) is 81.7 Å². The van der Waals surface area contributed by atoms with Gasteiger partial charge in [-0.25, -0.2) is 8.42 Å². The minimum absolute atomic E-state index is 0.00772. The molecule has 1 aromatic rings. The van der Waals surface area contributed by atoms with Crippen LogP contribution in [0.3, 0.4) is 0 Å². The minimum atomic E-state index is -3.12. The first-order valence-electron chi connectivity index (χ1n) is 6.35. The summed E-state index contributed by atoms with van der Waals surface area (Å²) in [5.41, 5.74) is 0.477. The number of carbonyl (C=O) groups excluding carboxylic acids is 1. The van der Waals surface area contributed by atoms with Gasteiger partial charge in [-0.2, -0.15) is 0 Å². The second-order valence-electron chi connectivity index (χ2n) is 4.64. The van der Waals surface area contributed by atoms with Crippen LogP contribution in [-0.2, 0) is 9.84 Å². The van der Waals surface area contributed by atoms with E-state index in [0.29, 0.717) is 17.1 Å². The third-order valence-electron chi connectivity index (χ3n) is 3.16. The molecular weight excluding hydrogens is 294 g/mol. The van der Waals surface area contributed by atoms with E-state index in [1.807, 2.05) is 0 Å². The molecule has 0 saturated carbocycles. The van der Waals surface area contributed by atoms with Gasteiger partial charge in [-0.15, -0.1) is 0 Å². The predicted octanol–water partition coefficient (Wildman–Crippen LogP) is 0.787. The number of Topliss-reactive ketones (excluding diaryl/α,β-unsaturated/α-hetero) is 1. The SMILES string of the molecule is COc1ccc(C(=O)CN[C@H]2C=CS(=O)(=O)C2)cc1OC. The lowest BCUT2D eigenvalue weighted by Crippen LogP contribution is -2.34. The molecule has 0 aliphatic carbocycles. The summed E-state index contributed by atoms with van der Waals surface area (Å²) in [4.78, 5) is 12.1. The predicted molar refractivity (Wildman–Crippen MR) is 78.6 cm³/mol. The Balaban J connectivity index is 1.99. The van der Waals surface area contributed by atoms with Crippen molar-refractivity contribution < 1.29 is 22.7 Å². The Bertz CT molecular complexity index is 666. The number of benzene rings is 1. The van der Waals surface area contributed by atoms with Gasteiger partial charge in [0.15, 0.2) is 27.1 Å². The van der Waals surface area contributed by atoms with Crippen LogP contribution in [0.2, 0.25) is 0 Å². The van der Waals surface area contributed by atoms with Gasteiger partial charge in [0.25, 0.3) is 0 Å². The first-order chi connectivity index (χ1) is 9.95. The maximum atomic E-state index is 12.1. The van der Waals surface area contributed by atoms with Crippen LogP contribution in [0.15, 0.2) is 29.7 Å². The summed E-state index contributed by atoms with van der Waals surface area (Å²) in [6.07, 6.45) is 1.55. The fourth-order valence-electron chi connectivity index (χ4n) is 2.04. The number of hydrogen-bond acceptors (Lipinski definition) is 6. The van der Waals surface area contributed by atoms with E-state index in [4.69, 9.17) is 9.47 Å². The van der Waals surface area contributed by atoms with Crippen LogP contribution in [0.25, 0.3) is 0 Å². The van der Waals surface area contributed by atoms with Crippen LogP contribution in [0.4, 0.5) is 0 Å². The van der Waals surface area contributed by atoms with Crippen molar-refractivity contribution in [2.24, 2.45) is 0 Å². The zero-order chi connectivity index (χ0) is 15.5. The lowest BCUT2D eigenvalue weighted by atomic mass is 10.1. The summed E-state index contributed by atoms with van der Waals surface area (Å²) in [5, 5.41) is 4.09. The van der Waals surface area contributed by atoms with Crippen LogP contribution in [0, 0.1) is 0 Å². The molecular formula is C14H17NO5S. The summed E-state index contributed by atoms with van der Waals surface area (Å²) < 4.78 is 32.8. The molecule has 0 radical (unpaired) electrons. The van der Waals surface area contributed by atoms with Gasteiger partial charge >= 0.3 is 0 Å². The highest BCUT2D eigenvalue weighted by Crippen LogP contribution is 2.27. The van der Waals surface area contributed by atoms with Gasteiger partial charge in [0.05, 0.1) is 26.5 Å². The molecule has 0 unspecified atom stereocenters. The van der Waals surface area contributed by atoms with Crippen molar-refractivity contribution in [2.75, 3.05) is 26.5 Å². The summed E-state index contributed by atoms with van der Waals surface area (Å²) in [7, 11) is -0.0984. The molecule has 2 rings (SSSR count). The molecule has 0 fully saturated rings. The number of rotatable bonds is 6. The van der Waals surface area contributed by atoms with Crippen molar-refractivity contribution in [1.29, 1.82) is 0 Å². The molecule has 1 aromatic carbocycles. The van der Waals surface area contributed by atoms with Crippen molar-refractivity contribution in [3.8, 4) is 11.5 Å². The van der Waals surface area contributed by atoms with Crippen LogP contribution in [0.5, 0.6) is 11.5 Å². The van der Waals surface area contributed by atoms with Crippen molar-refractivity contribution in [2.45, 2.75) is 6.04 Å². The molecule has 6 nitrogen and oxygen atoms in total. The third kappa shape index (κ3) is 3.83. The average molecular weight is 311 g/mol. The molecule has 1 aliphatic heterocycles. The third-order valence-corrected chi connectivity index (χ3v) is 4.56. The van der Waals surface area contributed by atoms with Gasteiger partial charge in [-0.05, 0) is 18.2 Å². The number of sulfone groups is 1. The van der Waals surface area contributed by atoms with Crippen molar-refractivity contribution in [1.82, 2.24) is 5.32 Å². The van der Waals surface area contributed by atoms with E-state index in [0.717, 1.165) is 0 Å². The van der Waals surface area contributed by atoms with E-state index in [-0.39, 0.29) is 24.1 Å². The molecule has 7 heteroatoms. The van der Waals surface area contributed by atoms with Gasteiger partial charge in [-0.1, -0.05) is 6.08 Å². The molecule has 0 aromatic heterocycles. The molecule has 0 amide bonds. The van der Waals surface area contributed by atoms with E-state index in [1.165, 1.54) is 19.6 Å². The van der Waals surface area contributed by atoms with Crippen molar-refractivity contribution >= 4 is 15.6 Å². The largest absolute Gasteiger partial charge is 0.493 e. The number of ketones is 1. The van der Waals surface area contributed by atoms with Gasteiger partial charge in [0.2, 0.25) is 0 Å². The smallest absolute Gasteiger partial charge is 0.176 e. The number of hydrogen-bond donors (Lipinski definition) is 1. The molecule has 1 atom stereocenters. The lowest BCUT2D eigenvalue weighted by molar-refractivity contribution is 0.0989. The first-order valence-corrected chi connectivity index (χ1v) is 8.06. The van der Waals surface area contributed by atoms with E-state index in [1.54, 1.807) is 24.3 Å². The highest BCUT2D eigenvalue weighted by atomic mass is 32.2. The molecule has 1 aliphatic rings. The van der Waals surface area contributed by atoms with Crippen LogP contribution in [-0.4, -0.2) is 46.8 Å². The lowest BCUT2D eigenvalue weighted by Gasteiger charge is -2.11. The maximum absolute atomic E-state index is 12.1. The molecule has 1 heterocycles. The highest BCUT2D eigenvalue weighted by molar-refractivity contribution is 7.94. The summed E-state index contributed by atoms with van der Waals surface area (Å²) >= 11 is 0.